The highest BCUT2D eigenvalue weighted by Crippen LogP contribution is 2.30. The lowest BCUT2D eigenvalue weighted by molar-refractivity contribution is 0.306. The Morgan fingerprint density at radius 2 is 1.85 bits per heavy atom. The molecular weight excluding hydrogens is 354 g/mol. The maximum Gasteiger partial charge on any atom is 0.204 e. The number of hydrogen-bond donors (Lipinski definition) is 1. The van der Waals surface area contributed by atoms with Gasteiger partial charge >= 0.3 is 0 Å². The van der Waals surface area contributed by atoms with Gasteiger partial charge in [0.15, 0.2) is 0 Å². The number of nitrogens with one attached hydrogen (secondary N) is 1. The summed E-state index contributed by atoms with van der Waals surface area (Å²) in [6.07, 6.45) is 5.23. The van der Waals surface area contributed by atoms with E-state index >= 15 is 0 Å². The predicted molar refractivity (Wildman–Crippen MR) is 115 cm³/mol. The summed E-state index contributed by atoms with van der Waals surface area (Å²) in [5.41, 5.74) is 6.12. The lowest BCUT2D eigenvalue weighted by Gasteiger charge is -2.08. The van der Waals surface area contributed by atoms with E-state index in [2.05, 4.69) is 41.5 Å². The summed E-state index contributed by atoms with van der Waals surface area (Å²) in [6, 6.07) is 18.2. The molecule has 1 aromatic heterocycles. The molecule has 2 aromatic carbocycles. The third-order valence-electron chi connectivity index (χ3n) is 4.13. The molecule has 0 bridgehead atoms. The lowest BCUT2D eigenvalue weighted by atomic mass is 10.1. The van der Waals surface area contributed by atoms with Crippen molar-refractivity contribution in [1.29, 1.82) is 0 Å². The van der Waals surface area contributed by atoms with E-state index in [4.69, 9.17) is 4.74 Å². The van der Waals surface area contributed by atoms with Crippen molar-refractivity contribution in [1.82, 2.24) is 4.98 Å². The molecule has 0 spiro atoms. The van der Waals surface area contributed by atoms with Crippen LogP contribution in [0.15, 0.2) is 59.7 Å². The first-order valence-electron chi connectivity index (χ1n) is 9.31. The zero-order valence-electron chi connectivity index (χ0n) is 15.8. The molecule has 0 fully saturated rings. The number of rotatable bonds is 9. The molecule has 0 aliphatic heterocycles. The number of nitrogens with zero attached hydrogens (tertiary/aromatic N) is 2. The predicted octanol–water partition coefficient (Wildman–Crippen LogP) is 6.13. The van der Waals surface area contributed by atoms with Crippen molar-refractivity contribution in [3.63, 3.8) is 0 Å². The average molecular weight is 380 g/mol. The van der Waals surface area contributed by atoms with Crippen molar-refractivity contribution in [3.8, 4) is 17.0 Å². The van der Waals surface area contributed by atoms with Crippen molar-refractivity contribution >= 4 is 22.7 Å². The van der Waals surface area contributed by atoms with Crippen LogP contribution in [0.3, 0.4) is 0 Å². The van der Waals surface area contributed by atoms with Crippen molar-refractivity contribution in [2.75, 3.05) is 12.0 Å². The van der Waals surface area contributed by atoms with Gasteiger partial charge in [-0.3, -0.25) is 5.43 Å². The second-order valence-corrected chi connectivity index (χ2v) is 7.46. The fourth-order valence-corrected chi connectivity index (χ4v) is 3.50. The second-order valence-electron chi connectivity index (χ2n) is 6.25. The SMILES string of the molecule is CCCCCOc1ccccc1/C=N/Nc1nc(-c2ccccc2)c(C)s1. The number of para-hydroxylation sites is 1. The highest BCUT2D eigenvalue weighted by molar-refractivity contribution is 7.15. The molecular formula is C22H25N3OS. The minimum atomic E-state index is 0.734. The van der Waals surface area contributed by atoms with Crippen molar-refractivity contribution < 1.29 is 4.74 Å². The number of ether oxygens (including phenoxy) is 1. The van der Waals surface area contributed by atoms with Gasteiger partial charge in [0.1, 0.15) is 5.75 Å². The molecule has 0 aliphatic rings. The van der Waals surface area contributed by atoms with Crippen LogP contribution < -0.4 is 10.2 Å². The first kappa shape index (κ1) is 19.1. The third kappa shape index (κ3) is 5.41. The van der Waals surface area contributed by atoms with Crippen LogP contribution in [0.2, 0.25) is 0 Å². The summed E-state index contributed by atoms with van der Waals surface area (Å²) in [5.74, 6) is 0.861. The van der Waals surface area contributed by atoms with E-state index in [1.165, 1.54) is 17.7 Å². The minimum Gasteiger partial charge on any atom is -0.493 e. The Hall–Kier alpha value is -2.66. The van der Waals surface area contributed by atoms with Gasteiger partial charge in [-0.2, -0.15) is 5.10 Å². The summed E-state index contributed by atoms with van der Waals surface area (Å²) in [4.78, 5) is 5.83. The molecule has 0 saturated carbocycles. The molecule has 0 radical (unpaired) electrons. The van der Waals surface area contributed by atoms with Crippen molar-refractivity contribution in [2.24, 2.45) is 5.10 Å². The van der Waals surface area contributed by atoms with Crippen LogP contribution in [0.5, 0.6) is 5.75 Å². The van der Waals surface area contributed by atoms with E-state index in [9.17, 15) is 0 Å². The van der Waals surface area contributed by atoms with Gasteiger partial charge in [0.2, 0.25) is 5.13 Å². The van der Waals surface area contributed by atoms with Gasteiger partial charge in [0.25, 0.3) is 0 Å². The Morgan fingerprint density at radius 3 is 2.67 bits per heavy atom. The molecule has 0 saturated heterocycles. The highest BCUT2D eigenvalue weighted by Gasteiger charge is 2.09. The molecule has 1 heterocycles. The average Bonchev–Trinajstić information content (AvgIpc) is 3.07. The molecule has 0 unspecified atom stereocenters. The zero-order chi connectivity index (χ0) is 18.9. The number of hydrazone groups is 1. The highest BCUT2D eigenvalue weighted by atomic mass is 32.1. The Morgan fingerprint density at radius 1 is 1.07 bits per heavy atom. The summed E-state index contributed by atoms with van der Waals surface area (Å²) >= 11 is 1.60. The number of hydrogen-bond acceptors (Lipinski definition) is 5. The summed E-state index contributed by atoms with van der Waals surface area (Å²) in [5, 5.41) is 5.14. The normalized spacial score (nSPS) is 11.0. The fraction of sp³-hybridized carbons (Fsp3) is 0.273. The number of thiazole rings is 1. The molecule has 3 rings (SSSR count). The zero-order valence-corrected chi connectivity index (χ0v) is 16.6. The van der Waals surface area contributed by atoms with Gasteiger partial charge in [-0.15, -0.1) is 11.3 Å². The maximum atomic E-state index is 5.89. The minimum absolute atomic E-state index is 0.734. The van der Waals surface area contributed by atoms with Gasteiger partial charge in [-0.25, -0.2) is 4.98 Å². The molecule has 4 nitrogen and oxygen atoms in total. The molecule has 27 heavy (non-hydrogen) atoms. The Labute approximate surface area is 164 Å². The Bertz CT molecular complexity index is 874. The van der Waals surface area contributed by atoms with E-state index in [0.29, 0.717) is 0 Å². The van der Waals surface area contributed by atoms with Crippen molar-refractivity contribution in [3.05, 3.63) is 65.0 Å². The number of aryl methyl sites for hydroxylation is 1. The maximum absolute atomic E-state index is 5.89. The topological polar surface area (TPSA) is 46.5 Å². The van der Waals surface area contributed by atoms with Crippen LogP contribution in [0, 0.1) is 6.92 Å². The first-order valence-corrected chi connectivity index (χ1v) is 10.1. The Kier molecular flexibility index (Phi) is 6.99. The first-order chi connectivity index (χ1) is 13.3. The van der Waals surface area contributed by atoms with Crippen LogP contribution in [0.25, 0.3) is 11.3 Å². The molecule has 0 aliphatic carbocycles. The molecule has 3 aromatic rings. The van der Waals surface area contributed by atoms with Gasteiger partial charge in [0.05, 0.1) is 18.5 Å². The molecule has 5 heteroatoms. The van der Waals surface area contributed by atoms with Crippen LogP contribution in [-0.4, -0.2) is 17.8 Å². The number of aromatic nitrogens is 1. The third-order valence-corrected chi connectivity index (χ3v) is 5.01. The molecule has 140 valence electrons. The smallest absolute Gasteiger partial charge is 0.204 e. The van der Waals surface area contributed by atoms with Gasteiger partial charge < -0.3 is 4.74 Å². The van der Waals surface area contributed by atoms with E-state index in [-0.39, 0.29) is 0 Å². The Balaban J connectivity index is 1.65. The van der Waals surface area contributed by atoms with Gasteiger partial charge in [0, 0.05) is 16.0 Å². The number of anilines is 1. The van der Waals surface area contributed by atoms with Crippen molar-refractivity contribution in [2.45, 2.75) is 33.1 Å². The standard InChI is InChI=1S/C22H25N3OS/c1-3-4-10-15-26-20-14-9-8-13-19(20)16-23-25-22-24-21(17(2)27-22)18-11-6-5-7-12-18/h5-9,11-14,16H,3-4,10,15H2,1-2H3,(H,24,25)/b23-16+. The van der Waals surface area contributed by atoms with E-state index in [1.54, 1.807) is 17.6 Å². The fourth-order valence-electron chi connectivity index (χ4n) is 2.72. The van der Waals surface area contributed by atoms with Crippen LogP contribution in [0.4, 0.5) is 5.13 Å². The van der Waals surface area contributed by atoms with Crippen LogP contribution in [0.1, 0.15) is 36.6 Å². The van der Waals surface area contributed by atoms with E-state index < -0.39 is 0 Å². The van der Waals surface area contributed by atoms with E-state index in [1.807, 2.05) is 42.5 Å². The summed E-state index contributed by atoms with van der Waals surface area (Å²) < 4.78 is 5.89. The summed E-state index contributed by atoms with van der Waals surface area (Å²) in [7, 11) is 0. The summed E-state index contributed by atoms with van der Waals surface area (Å²) in [6.45, 7) is 5.00. The van der Waals surface area contributed by atoms with Crippen LogP contribution in [-0.2, 0) is 0 Å². The van der Waals surface area contributed by atoms with Gasteiger partial charge in [-0.1, -0.05) is 62.2 Å². The van der Waals surface area contributed by atoms with Gasteiger partial charge in [-0.05, 0) is 25.5 Å². The largest absolute Gasteiger partial charge is 0.493 e. The quantitative estimate of drug-likeness (QED) is 0.276. The monoisotopic (exact) mass is 379 g/mol. The van der Waals surface area contributed by atoms with E-state index in [0.717, 1.165) is 40.7 Å². The molecule has 1 N–H and O–H groups in total. The lowest BCUT2D eigenvalue weighted by Crippen LogP contribution is -2.00. The number of unbranched alkanes of at least 4 members (excludes halogenated alkanes) is 2. The molecule has 0 atom stereocenters. The number of benzene rings is 2. The van der Waals surface area contributed by atoms with Crippen LogP contribution >= 0.6 is 11.3 Å². The second kappa shape index (κ2) is 9.88. The molecule has 0 amide bonds.